The summed E-state index contributed by atoms with van der Waals surface area (Å²) in [5.74, 6) is 0. The molecule has 0 unspecified atom stereocenters. The minimum Gasteiger partial charge on any atom is -0.516 e. The lowest BCUT2D eigenvalue weighted by Gasteiger charge is -1.81. The molecule has 0 aromatic heterocycles. The Bertz CT molecular complexity index is 49.5. The highest BCUT2D eigenvalue weighted by Crippen LogP contribution is 1.85. The van der Waals surface area contributed by atoms with Crippen LogP contribution in [0.5, 0.6) is 0 Å². The van der Waals surface area contributed by atoms with Gasteiger partial charge < -0.3 is 5.11 Å². The summed E-state index contributed by atoms with van der Waals surface area (Å²) in [6.07, 6.45) is 0.722. The topological polar surface area (TPSA) is 20.2 Å². The van der Waals surface area contributed by atoms with Crippen molar-refractivity contribution in [3.05, 3.63) is 12.3 Å². The second kappa shape index (κ2) is 2.69. The zero-order chi connectivity index (χ0) is 4.99. The molecule has 0 fully saturated rings. The van der Waals surface area contributed by atoms with E-state index in [1.807, 2.05) is 0 Å². The van der Waals surface area contributed by atoms with Crippen LogP contribution in [-0.4, -0.2) is 11.3 Å². The molecule has 0 saturated heterocycles. The van der Waals surface area contributed by atoms with Gasteiger partial charge in [0.05, 0.1) is 6.26 Å². The van der Waals surface area contributed by atoms with E-state index in [4.69, 9.17) is 5.11 Å². The summed E-state index contributed by atoms with van der Waals surface area (Å²) in [7, 11) is 0. The van der Waals surface area contributed by atoms with E-state index in [1.54, 1.807) is 0 Å². The molecule has 0 heterocycles. The first-order valence-corrected chi connectivity index (χ1v) is 1.72. The fourth-order valence-electron chi connectivity index (χ4n) is 0.119. The van der Waals surface area contributed by atoms with Gasteiger partial charge >= 0.3 is 0 Å². The highest BCUT2D eigenvalue weighted by molar-refractivity contribution is 4.77. The third kappa shape index (κ3) is 3.47. The molecule has 0 aromatic rings. The van der Waals surface area contributed by atoms with Gasteiger partial charge in [-0.3, -0.25) is 0 Å². The van der Waals surface area contributed by atoms with Crippen LogP contribution in [0.3, 0.4) is 0 Å². The lowest BCUT2D eigenvalue weighted by Crippen LogP contribution is -1.80. The molecule has 0 aliphatic carbocycles. The summed E-state index contributed by atoms with van der Waals surface area (Å²) in [4.78, 5) is 0. The van der Waals surface area contributed by atoms with E-state index in [2.05, 4.69) is 0 Å². The van der Waals surface area contributed by atoms with Crippen LogP contribution in [0.25, 0.3) is 0 Å². The molecule has 0 radical (unpaired) electrons. The maximum absolute atomic E-state index is 11.5. The first-order chi connectivity index (χ1) is 2.77. The zero-order valence-corrected chi connectivity index (χ0v) is 3.56. The lowest BCUT2D eigenvalue weighted by molar-refractivity contribution is 0.409. The van der Waals surface area contributed by atoms with Crippen molar-refractivity contribution < 1.29 is 9.50 Å². The number of rotatable bonds is 1. The number of hydrogen-bond acceptors (Lipinski definition) is 1. The standard InChI is InChI=1S/C4H7FO/c1-4(5)2-3-6/h2-4,6H,1H3/b3-2+/t4-/m1/s1. The Morgan fingerprint density at radius 2 is 2.33 bits per heavy atom. The third-order valence-corrected chi connectivity index (χ3v) is 0.351. The van der Waals surface area contributed by atoms with Gasteiger partial charge in [0.1, 0.15) is 6.17 Å². The van der Waals surface area contributed by atoms with E-state index in [0.29, 0.717) is 6.26 Å². The monoisotopic (exact) mass is 90.0 g/mol. The Morgan fingerprint density at radius 1 is 1.83 bits per heavy atom. The first-order valence-electron chi connectivity index (χ1n) is 1.72. The Hall–Kier alpha value is -0.530. The molecule has 0 aliphatic rings. The van der Waals surface area contributed by atoms with Crippen molar-refractivity contribution >= 4 is 0 Å². The molecular weight excluding hydrogens is 83.0 g/mol. The Morgan fingerprint density at radius 3 is 2.33 bits per heavy atom. The molecular formula is C4H7FO. The SMILES string of the molecule is C[C@@H](F)/C=C/O. The van der Waals surface area contributed by atoms with Crippen molar-refractivity contribution in [1.82, 2.24) is 0 Å². The van der Waals surface area contributed by atoms with Crippen LogP contribution in [0.1, 0.15) is 6.92 Å². The molecule has 0 rings (SSSR count). The summed E-state index contributed by atoms with van der Waals surface area (Å²) in [5, 5.41) is 7.82. The number of allylic oxidation sites excluding steroid dienone is 1. The zero-order valence-electron chi connectivity index (χ0n) is 3.56. The third-order valence-electron chi connectivity index (χ3n) is 0.351. The van der Waals surface area contributed by atoms with Gasteiger partial charge in [0.2, 0.25) is 0 Å². The average molecular weight is 90.1 g/mol. The maximum atomic E-state index is 11.5. The molecule has 1 atom stereocenters. The van der Waals surface area contributed by atoms with Crippen LogP contribution in [0.2, 0.25) is 0 Å². The fourth-order valence-corrected chi connectivity index (χ4v) is 0.119. The molecule has 0 aromatic carbocycles. The Balaban J connectivity index is 3.03. The quantitative estimate of drug-likeness (QED) is 0.483. The van der Waals surface area contributed by atoms with Crippen LogP contribution in [0.4, 0.5) is 4.39 Å². The molecule has 2 heteroatoms. The molecule has 1 nitrogen and oxygen atoms in total. The molecule has 1 N–H and O–H groups in total. The van der Waals surface area contributed by atoms with Gasteiger partial charge in [-0.2, -0.15) is 0 Å². The van der Waals surface area contributed by atoms with Gasteiger partial charge in [-0.25, -0.2) is 4.39 Å². The van der Waals surface area contributed by atoms with Gasteiger partial charge in [0.25, 0.3) is 0 Å². The predicted octanol–water partition coefficient (Wildman–Crippen LogP) is 1.42. The molecule has 0 bridgehead atoms. The minimum atomic E-state index is -1.03. The predicted molar refractivity (Wildman–Crippen MR) is 22.3 cm³/mol. The molecule has 0 amide bonds. The Labute approximate surface area is 36.1 Å². The van der Waals surface area contributed by atoms with Crippen molar-refractivity contribution in [2.75, 3.05) is 0 Å². The smallest absolute Gasteiger partial charge is 0.119 e. The van der Waals surface area contributed by atoms with E-state index >= 15 is 0 Å². The number of aliphatic hydroxyl groups excluding tert-OH is 1. The van der Waals surface area contributed by atoms with E-state index in [1.165, 1.54) is 6.92 Å². The van der Waals surface area contributed by atoms with Crippen LogP contribution in [-0.2, 0) is 0 Å². The van der Waals surface area contributed by atoms with Crippen molar-refractivity contribution in [2.45, 2.75) is 13.1 Å². The first kappa shape index (κ1) is 5.47. The van der Waals surface area contributed by atoms with Crippen molar-refractivity contribution in [2.24, 2.45) is 0 Å². The van der Waals surface area contributed by atoms with Crippen LogP contribution in [0.15, 0.2) is 12.3 Å². The van der Waals surface area contributed by atoms with E-state index in [0.717, 1.165) is 6.08 Å². The second-order valence-corrected chi connectivity index (χ2v) is 1.02. The van der Waals surface area contributed by atoms with Crippen LogP contribution < -0.4 is 0 Å². The molecule has 0 aliphatic heterocycles. The van der Waals surface area contributed by atoms with Crippen molar-refractivity contribution in [3.63, 3.8) is 0 Å². The molecule has 6 heavy (non-hydrogen) atoms. The summed E-state index contributed by atoms with van der Waals surface area (Å²) >= 11 is 0. The summed E-state index contributed by atoms with van der Waals surface area (Å²) in [6, 6.07) is 0. The minimum absolute atomic E-state index is 0.699. The highest BCUT2D eigenvalue weighted by Gasteiger charge is 1.83. The van der Waals surface area contributed by atoms with E-state index in [-0.39, 0.29) is 0 Å². The van der Waals surface area contributed by atoms with E-state index < -0.39 is 6.17 Å². The van der Waals surface area contributed by atoms with Gasteiger partial charge in [0, 0.05) is 0 Å². The summed E-state index contributed by atoms with van der Waals surface area (Å²) in [5.41, 5.74) is 0. The number of aliphatic hydroxyl groups is 1. The van der Waals surface area contributed by atoms with E-state index in [9.17, 15) is 4.39 Å². The van der Waals surface area contributed by atoms with Crippen molar-refractivity contribution in [3.8, 4) is 0 Å². The summed E-state index contributed by atoms with van der Waals surface area (Å²) in [6.45, 7) is 1.34. The summed E-state index contributed by atoms with van der Waals surface area (Å²) < 4.78 is 11.5. The van der Waals surface area contributed by atoms with Crippen molar-refractivity contribution in [1.29, 1.82) is 0 Å². The maximum Gasteiger partial charge on any atom is 0.119 e. The van der Waals surface area contributed by atoms with Gasteiger partial charge in [-0.15, -0.1) is 0 Å². The molecule has 36 valence electrons. The molecule has 0 saturated carbocycles. The number of alkyl halides is 1. The normalized spacial score (nSPS) is 15.7. The van der Waals surface area contributed by atoms with Crippen LogP contribution in [0, 0.1) is 0 Å². The molecule has 0 spiro atoms. The van der Waals surface area contributed by atoms with Gasteiger partial charge in [-0.05, 0) is 13.0 Å². The highest BCUT2D eigenvalue weighted by atomic mass is 19.1. The fraction of sp³-hybridized carbons (Fsp3) is 0.500. The Kier molecular flexibility index (Phi) is 2.46. The van der Waals surface area contributed by atoms with Gasteiger partial charge in [-0.1, -0.05) is 0 Å². The number of hydrogen-bond donors (Lipinski definition) is 1. The average Bonchev–Trinajstić information content (AvgIpc) is 1.35. The van der Waals surface area contributed by atoms with Crippen LogP contribution >= 0.6 is 0 Å². The van der Waals surface area contributed by atoms with Gasteiger partial charge in [0.15, 0.2) is 0 Å². The largest absolute Gasteiger partial charge is 0.516 e. The number of halogens is 1. The lowest BCUT2D eigenvalue weighted by atomic mass is 10.4. The second-order valence-electron chi connectivity index (χ2n) is 1.02.